The van der Waals surface area contributed by atoms with Crippen LogP contribution in [0, 0.1) is 0 Å². The number of rotatable bonds is 1. The first-order valence-corrected chi connectivity index (χ1v) is 4.30. The summed E-state index contributed by atoms with van der Waals surface area (Å²) < 4.78 is 3.42. The molecule has 2 aromatic heterocycles. The van der Waals surface area contributed by atoms with Crippen LogP contribution in [0.5, 0.6) is 0 Å². The van der Waals surface area contributed by atoms with E-state index < -0.39 is 0 Å². The monoisotopic (exact) mass is 204 g/mol. The van der Waals surface area contributed by atoms with Gasteiger partial charge in [-0.2, -0.15) is 4.98 Å². The van der Waals surface area contributed by atoms with E-state index in [0.29, 0.717) is 11.6 Å². The normalized spacial score (nSPS) is 11.7. The fourth-order valence-corrected chi connectivity index (χ4v) is 1.02. The smallest absolute Gasteiger partial charge is 0.293 e. The minimum absolute atomic E-state index is 0.541. The van der Waals surface area contributed by atoms with Gasteiger partial charge in [0.1, 0.15) is 6.33 Å². The molecule has 7 nitrogen and oxygen atoms in total. The van der Waals surface area contributed by atoms with Crippen LogP contribution < -0.4 is 10.2 Å². The van der Waals surface area contributed by atoms with Crippen LogP contribution in [-0.2, 0) is 14.1 Å². The zero-order chi connectivity index (χ0) is 10.7. The molecular weight excluding hydrogens is 194 g/mol. The van der Waals surface area contributed by atoms with Crippen LogP contribution in [0.4, 0.5) is 5.95 Å². The first kappa shape index (κ1) is 9.38. The lowest BCUT2D eigenvalue weighted by Gasteiger charge is -1.93. The van der Waals surface area contributed by atoms with E-state index >= 15 is 0 Å². The van der Waals surface area contributed by atoms with E-state index in [9.17, 15) is 0 Å². The highest BCUT2D eigenvalue weighted by Crippen LogP contribution is 1.91. The Kier molecular flexibility index (Phi) is 2.44. The fourth-order valence-electron chi connectivity index (χ4n) is 1.02. The van der Waals surface area contributed by atoms with Crippen molar-refractivity contribution >= 4 is 5.95 Å². The molecule has 0 spiro atoms. The van der Waals surface area contributed by atoms with Gasteiger partial charge in [-0.15, -0.1) is 4.98 Å². The van der Waals surface area contributed by atoms with Gasteiger partial charge in [-0.1, -0.05) is 9.98 Å². The van der Waals surface area contributed by atoms with Crippen molar-refractivity contribution in [2.24, 2.45) is 19.1 Å². The van der Waals surface area contributed by atoms with E-state index in [0.717, 1.165) is 0 Å². The molecule has 0 unspecified atom stereocenters. The van der Waals surface area contributed by atoms with E-state index in [2.05, 4.69) is 24.9 Å². The Bertz CT molecular complexity index is 530. The largest absolute Gasteiger partial charge is 0.390 e. The number of aromatic nitrogens is 6. The summed E-state index contributed by atoms with van der Waals surface area (Å²) in [6.07, 6.45) is 6.15. The second kappa shape index (κ2) is 3.91. The van der Waals surface area contributed by atoms with Crippen molar-refractivity contribution in [1.82, 2.24) is 24.5 Å². The number of hydrogen-bond donors (Lipinski definition) is 0. The van der Waals surface area contributed by atoms with E-state index in [1.165, 1.54) is 12.7 Å². The zero-order valence-corrected chi connectivity index (χ0v) is 8.44. The Morgan fingerprint density at radius 1 is 1.27 bits per heavy atom. The second-order valence-corrected chi connectivity index (χ2v) is 2.95. The highest BCUT2D eigenvalue weighted by atomic mass is 15.2. The predicted octanol–water partition coefficient (Wildman–Crippen LogP) is -1.34. The van der Waals surface area contributed by atoms with Crippen LogP contribution in [0.1, 0.15) is 0 Å². The third-order valence-electron chi connectivity index (χ3n) is 1.79. The molecule has 2 aromatic rings. The summed E-state index contributed by atoms with van der Waals surface area (Å²) in [6, 6.07) is 0. The van der Waals surface area contributed by atoms with Gasteiger partial charge in [-0.25, -0.2) is 9.55 Å². The number of aryl methyl sites for hydroxylation is 2. The quantitative estimate of drug-likeness (QED) is 0.539. The summed E-state index contributed by atoms with van der Waals surface area (Å²) in [5, 5.41) is 0. The number of hydrogen-bond acceptors (Lipinski definition) is 5. The number of nitrogens with zero attached hydrogens (tertiary/aromatic N) is 7. The molecule has 0 aromatic carbocycles. The summed E-state index contributed by atoms with van der Waals surface area (Å²) in [6.45, 7) is 0. The van der Waals surface area contributed by atoms with Crippen LogP contribution in [-0.4, -0.2) is 24.5 Å². The maximum absolute atomic E-state index is 4.26. The van der Waals surface area contributed by atoms with Gasteiger partial charge in [0.15, 0.2) is 6.33 Å². The molecule has 2 rings (SSSR count). The van der Waals surface area contributed by atoms with Crippen molar-refractivity contribution in [1.29, 1.82) is 0 Å². The van der Waals surface area contributed by atoms with Gasteiger partial charge in [0.25, 0.3) is 5.62 Å². The van der Waals surface area contributed by atoms with Crippen molar-refractivity contribution in [2.45, 2.75) is 0 Å². The lowest BCUT2D eigenvalue weighted by molar-refractivity contribution is -0.664. The molecule has 0 aliphatic heterocycles. The van der Waals surface area contributed by atoms with Crippen LogP contribution in [0.15, 0.2) is 30.3 Å². The maximum Gasteiger partial charge on any atom is 0.390 e. The predicted molar refractivity (Wildman–Crippen MR) is 49.4 cm³/mol. The summed E-state index contributed by atoms with van der Waals surface area (Å²) in [7, 11) is 3.64. The third kappa shape index (κ3) is 2.01. The first-order chi connectivity index (χ1) is 7.27. The Hall–Kier alpha value is -2.18. The molecule has 7 heteroatoms. The minimum Gasteiger partial charge on any atom is -0.293 e. The van der Waals surface area contributed by atoms with E-state index in [1.807, 2.05) is 14.1 Å². The van der Waals surface area contributed by atoms with Crippen LogP contribution >= 0.6 is 0 Å². The molecule has 0 amide bonds. The SMILES string of the molecule is Cn1cncnc1=Nc1ncnc[n+]1C. The van der Waals surface area contributed by atoms with Crippen molar-refractivity contribution < 1.29 is 4.57 Å². The summed E-state index contributed by atoms with van der Waals surface area (Å²) >= 11 is 0. The molecule has 0 saturated carbocycles. The van der Waals surface area contributed by atoms with Crippen molar-refractivity contribution in [3.05, 3.63) is 30.9 Å². The van der Waals surface area contributed by atoms with Crippen molar-refractivity contribution in [3.63, 3.8) is 0 Å². The van der Waals surface area contributed by atoms with Gasteiger partial charge in [-0.3, -0.25) is 4.57 Å². The molecular formula is C8H10N7+. The lowest BCUT2D eigenvalue weighted by atomic mass is 10.8. The molecule has 76 valence electrons. The van der Waals surface area contributed by atoms with Gasteiger partial charge in [0, 0.05) is 7.05 Å². The Morgan fingerprint density at radius 2 is 2.07 bits per heavy atom. The van der Waals surface area contributed by atoms with Crippen molar-refractivity contribution in [3.8, 4) is 0 Å². The van der Waals surface area contributed by atoms with Crippen molar-refractivity contribution in [2.75, 3.05) is 0 Å². The Balaban J connectivity index is 2.57. The molecule has 0 aliphatic carbocycles. The van der Waals surface area contributed by atoms with Gasteiger partial charge in [0.2, 0.25) is 6.33 Å². The van der Waals surface area contributed by atoms with Crippen LogP contribution in [0.25, 0.3) is 0 Å². The lowest BCUT2D eigenvalue weighted by Crippen LogP contribution is -2.31. The Labute approximate surface area is 85.9 Å². The Morgan fingerprint density at radius 3 is 2.80 bits per heavy atom. The van der Waals surface area contributed by atoms with Gasteiger partial charge in [-0.05, 0) is 0 Å². The van der Waals surface area contributed by atoms with Gasteiger partial charge < -0.3 is 0 Å². The summed E-state index contributed by atoms with van der Waals surface area (Å²) in [5.74, 6) is 0.541. The van der Waals surface area contributed by atoms with Gasteiger partial charge in [0.05, 0.1) is 13.4 Å². The first-order valence-electron chi connectivity index (χ1n) is 4.30. The van der Waals surface area contributed by atoms with E-state index in [4.69, 9.17) is 0 Å². The van der Waals surface area contributed by atoms with Crippen LogP contribution in [0.3, 0.4) is 0 Å². The standard InChI is InChI=1S/C8H10N7/c1-14-5-9-3-11-7(14)13-8-12-4-10-6-15(8)2/h3-6H,1-2H3/q+1. The molecule has 0 atom stereocenters. The second-order valence-electron chi connectivity index (χ2n) is 2.95. The zero-order valence-electron chi connectivity index (χ0n) is 8.44. The topological polar surface area (TPSA) is 72.7 Å². The van der Waals surface area contributed by atoms with E-state index in [-0.39, 0.29) is 0 Å². The van der Waals surface area contributed by atoms with Gasteiger partial charge >= 0.3 is 5.95 Å². The highest BCUT2D eigenvalue weighted by Gasteiger charge is 2.04. The molecule has 0 radical (unpaired) electrons. The molecule has 0 fully saturated rings. The maximum atomic E-state index is 4.26. The highest BCUT2D eigenvalue weighted by molar-refractivity contribution is 5.00. The third-order valence-corrected chi connectivity index (χ3v) is 1.79. The average Bonchev–Trinajstić information content (AvgIpc) is 2.24. The molecule has 15 heavy (non-hydrogen) atoms. The average molecular weight is 204 g/mol. The molecule has 2 heterocycles. The molecule has 0 aliphatic rings. The summed E-state index contributed by atoms with van der Waals surface area (Å²) in [4.78, 5) is 20.0. The molecule has 0 saturated heterocycles. The summed E-state index contributed by atoms with van der Waals surface area (Å²) in [5.41, 5.74) is 0.541. The molecule has 0 bridgehead atoms. The molecule has 0 N–H and O–H groups in total. The fraction of sp³-hybridized carbons (Fsp3) is 0.250. The van der Waals surface area contributed by atoms with Crippen LogP contribution in [0.2, 0.25) is 0 Å². The minimum atomic E-state index is 0.541. The van der Waals surface area contributed by atoms with E-state index in [1.54, 1.807) is 21.8 Å².